The van der Waals surface area contributed by atoms with Crippen LogP contribution in [0.2, 0.25) is 0 Å². The Kier molecular flexibility index (Phi) is 3.42. The lowest BCUT2D eigenvalue weighted by Gasteiger charge is -2.06. The van der Waals surface area contributed by atoms with E-state index in [2.05, 4.69) is 19.6 Å². The Morgan fingerprint density at radius 1 is 1.04 bits per heavy atom. The second kappa shape index (κ2) is 5.48. The van der Waals surface area contributed by atoms with Crippen LogP contribution in [0.25, 0.3) is 23.5 Å². The minimum absolute atomic E-state index is 0.0970. The Morgan fingerprint density at radius 2 is 1.88 bits per heavy atom. The molecule has 0 saturated carbocycles. The highest BCUT2D eigenvalue weighted by atomic mass is 32.2. The molecule has 3 aromatic rings. The summed E-state index contributed by atoms with van der Waals surface area (Å²) < 4.78 is 42.1. The largest absolute Gasteiger partial charge is 0.471 e. The number of nitrogens with zero attached hydrogens (tertiary/aromatic N) is 3. The second-order valence-corrected chi connectivity index (χ2v) is 6.04. The highest BCUT2D eigenvalue weighted by Crippen LogP contribution is 2.38. The van der Waals surface area contributed by atoms with Crippen LogP contribution in [0.4, 0.5) is 13.2 Å². The van der Waals surface area contributed by atoms with Gasteiger partial charge in [-0.25, -0.2) is 4.98 Å². The summed E-state index contributed by atoms with van der Waals surface area (Å²) in [4.78, 5) is 8.61. The van der Waals surface area contributed by atoms with Crippen LogP contribution in [0.5, 0.6) is 0 Å². The van der Waals surface area contributed by atoms with Crippen LogP contribution in [-0.2, 0) is 6.18 Å². The van der Waals surface area contributed by atoms with Crippen LogP contribution in [-0.4, -0.2) is 15.1 Å². The molecule has 0 N–H and O–H groups in total. The van der Waals surface area contributed by atoms with Crippen LogP contribution < -0.4 is 0 Å². The molecule has 0 bridgehead atoms. The number of alkyl halides is 3. The van der Waals surface area contributed by atoms with Gasteiger partial charge < -0.3 is 4.52 Å². The van der Waals surface area contributed by atoms with E-state index in [0.29, 0.717) is 5.56 Å². The van der Waals surface area contributed by atoms with Crippen molar-refractivity contribution in [2.24, 2.45) is 0 Å². The zero-order valence-electron chi connectivity index (χ0n) is 11.9. The highest BCUT2D eigenvalue weighted by molar-refractivity contribution is 7.99. The zero-order chi connectivity index (χ0) is 16.7. The summed E-state index contributed by atoms with van der Waals surface area (Å²) in [5, 5.41) is 4.25. The average molecular weight is 347 g/mol. The zero-order valence-corrected chi connectivity index (χ0v) is 12.7. The average Bonchev–Trinajstić information content (AvgIpc) is 2.98. The SMILES string of the molecule is FC(F)(F)c1nc(-c2ccc3c(c2)Sc2ncccc2C=C3)no1. The first-order chi connectivity index (χ1) is 11.5. The fraction of sp³-hybridized carbons (Fsp3) is 0.0625. The number of fused-ring (bicyclic) bond motifs is 2. The fourth-order valence-corrected chi connectivity index (χ4v) is 3.27. The van der Waals surface area contributed by atoms with E-state index in [0.717, 1.165) is 21.0 Å². The van der Waals surface area contributed by atoms with Crippen molar-refractivity contribution in [2.45, 2.75) is 16.1 Å². The molecule has 0 amide bonds. The van der Waals surface area contributed by atoms with Crippen LogP contribution in [0.1, 0.15) is 17.0 Å². The van der Waals surface area contributed by atoms with E-state index in [4.69, 9.17) is 0 Å². The van der Waals surface area contributed by atoms with Crippen molar-refractivity contribution in [2.75, 3.05) is 0 Å². The lowest BCUT2D eigenvalue weighted by Crippen LogP contribution is -2.04. The van der Waals surface area contributed by atoms with Gasteiger partial charge in [-0.05, 0) is 17.7 Å². The Morgan fingerprint density at radius 3 is 2.67 bits per heavy atom. The molecule has 3 heterocycles. The van der Waals surface area contributed by atoms with Gasteiger partial charge in [0.2, 0.25) is 5.82 Å². The van der Waals surface area contributed by atoms with Crippen molar-refractivity contribution in [1.82, 2.24) is 15.1 Å². The minimum Gasteiger partial charge on any atom is -0.329 e. The first kappa shape index (κ1) is 14.9. The van der Waals surface area contributed by atoms with Gasteiger partial charge >= 0.3 is 12.1 Å². The third kappa shape index (κ3) is 2.69. The molecule has 24 heavy (non-hydrogen) atoms. The molecular weight excluding hydrogens is 339 g/mol. The van der Waals surface area contributed by atoms with Gasteiger partial charge in [0.25, 0.3) is 0 Å². The molecule has 4 rings (SSSR count). The van der Waals surface area contributed by atoms with Gasteiger partial charge in [0.1, 0.15) is 5.03 Å². The Hall–Kier alpha value is -2.61. The summed E-state index contributed by atoms with van der Waals surface area (Å²) in [6.45, 7) is 0. The Bertz CT molecular complexity index is 950. The summed E-state index contributed by atoms with van der Waals surface area (Å²) in [5.41, 5.74) is 2.38. The highest BCUT2D eigenvalue weighted by Gasteiger charge is 2.38. The Balaban J connectivity index is 1.74. The molecule has 0 atom stereocenters. The predicted molar refractivity (Wildman–Crippen MR) is 82.0 cm³/mol. The molecule has 1 aromatic carbocycles. The molecule has 1 aliphatic heterocycles. The maximum absolute atomic E-state index is 12.6. The third-order valence-corrected chi connectivity index (χ3v) is 4.50. The summed E-state index contributed by atoms with van der Waals surface area (Å²) in [7, 11) is 0. The fourth-order valence-electron chi connectivity index (χ4n) is 2.25. The van der Waals surface area contributed by atoms with Crippen LogP contribution in [0.3, 0.4) is 0 Å². The van der Waals surface area contributed by atoms with Gasteiger partial charge in [-0.15, -0.1) is 0 Å². The van der Waals surface area contributed by atoms with Gasteiger partial charge in [0.05, 0.1) is 0 Å². The van der Waals surface area contributed by atoms with Crippen molar-refractivity contribution >= 4 is 23.9 Å². The molecule has 0 unspecified atom stereocenters. The molecule has 4 nitrogen and oxygen atoms in total. The van der Waals surface area contributed by atoms with E-state index in [1.165, 1.54) is 11.8 Å². The molecule has 0 radical (unpaired) electrons. The number of hydrogen-bond donors (Lipinski definition) is 0. The van der Waals surface area contributed by atoms with E-state index in [1.54, 1.807) is 18.3 Å². The van der Waals surface area contributed by atoms with Gasteiger partial charge in [-0.3, -0.25) is 0 Å². The molecule has 0 saturated heterocycles. The van der Waals surface area contributed by atoms with Gasteiger partial charge in [-0.2, -0.15) is 18.2 Å². The topological polar surface area (TPSA) is 51.8 Å². The quantitative estimate of drug-likeness (QED) is 0.496. The van der Waals surface area contributed by atoms with Crippen LogP contribution >= 0.6 is 11.8 Å². The van der Waals surface area contributed by atoms with E-state index >= 15 is 0 Å². The second-order valence-electron chi connectivity index (χ2n) is 5.01. The van der Waals surface area contributed by atoms with E-state index in [9.17, 15) is 13.2 Å². The standard InChI is InChI=1S/C16H8F3N3OS/c17-16(18,19)15-21-13(22-23-15)11-6-4-9-3-5-10-2-1-7-20-14(10)24-12(9)8-11/h1-8H. The lowest BCUT2D eigenvalue weighted by atomic mass is 10.1. The van der Waals surface area contributed by atoms with Gasteiger partial charge in [0, 0.05) is 22.2 Å². The first-order valence-corrected chi connectivity index (χ1v) is 7.69. The van der Waals surface area contributed by atoms with E-state index in [-0.39, 0.29) is 5.82 Å². The lowest BCUT2D eigenvalue weighted by molar-refractivity contribution is -0.159. The summed E-state index contributed by atoms with van der Waals surface area (Å²) in [6, 6.07) is 9.01. The number of rotatable bonds is 1. The number of benzene rings is 1. The van der Waals surface area contributed by atoms with Crippen molar-refractivity contribution in [1.29, 1.82) is 0 Å². The first-order valence-electron chi connectivity index (χ1n) is 6.87. The summed E-state index contributed by atoms with van der Waals surface area (Å²) in [6.07, 6.45) is 0.939. The predicted octanol–water partition coefficient (Wildman–Crippen LogP) is 4.79. The molecule has 1 aliphatic rings. The molecular formula is C16H8F3N3OS. The monoisotopic (exact) mass is 347 g/mol. The number of halogens is 3. The molecule has 2 aromatic heterocycles. The molecule has 0 spiro atoms. The van der Waals surface area contributed by atoms with Crippen LogP contribution in [0, 0.1) is 0 Å². The van der Waals surface area contributed by atoms with Crippen molar-refractivity contribution in [3.05, 3.63) is 53.5 Å². The molecule has 0 fully saturated rings. The number of pyridine rings is 1. The number of aromatic nitrogens is 3. The van der Waals surface area contributed by atoms with Gasteiger partial charge in [-0.1, -0.05) is 47.3 Å². The van der Waals surface area contributed by atoms with Crippen LogP contribution in [0.15, 0.2) is 51.0 Å². The minimum atomic E-state index is -4.66. The van der Waals surface area contributed by atoms with Crippen molar-refractivity contribution in [3.63, 3.8) is 0 Å². The molecule has 8 heteroatoms. The van der Waals surface area contributed by atoms with Crippen molar-refractivity contribution in [3.8, 4) is 11.4 Å². The van der Waals surface area contributed by atoms with Crippen molar-refractivity contribution < 1.29 is 17.7 Å². The summed E-state index contributed by atoms with van der Waals surface area (Å²) in [5.74, 6) is -1.45. The molecule has 0 aliphatic carbocycles. The van der Waals surface area contributed by atoms with E-state index < -0.39 is 12.1 Å². The maximum Gasteiger partial charge on any atom is 0.471 e. The summed E-state index contributed by atoms with van der Waals surface area (Å²) >= 11 is 1.44. The molecule has 120 valence electrons. The third-order valence-electron chi connectivity index (χ3n) is 3.39. The van der Waals surface area contributed by atoms with Gasteiger partial charge in [0.15, 0.2) is 0 Å². The smallest absolute Gasteiger partial charge is 0.329 e. The Labute approximate surface area is 138 Å². The maximum atomic E-state index is 12.6. The van der Waals surface area contributed by atoms with E-state index in [1.807, 2.05) is 30.4 Å². The normalized spacial score (nSPS) is 13.3. The number of hydrogen-bond acceptors (Lipinski definition) is 5.